The quantitative estimate of drug-likeness (QED) is 0.375. The van der Waals surface area contributed by atoms with E-state index in [9.17, 15) is 22.4 Å². The van der Waals surface area contributed by atoms with E-state index in [-0.39, 0.29) is 6.42 Å². The van der Waals surface area contributed by atoms with Crippen LogP contribution < -0.4 is 0 Å². The predicted molar refractivity (Wildman–Crippen MR) is 36.8 cm³/mol. The molecule has 0 aliphatic heterocycles. The smallest absolute Gasteiger partial charge is 0.315 e. The van der Waals surface area contributed by atoms with Gasteiger partial charge in [-0.15, -0.1) is 0 Å². The first-order valence-corrected chi connectivity index (χ1v) is 3.73. The molecule has 0 radical (unpaired) electrons. The maximum absolute atomic E-state index is 12.3. The summed E-state index contributed by atoms with van der Waals surface area (Å²) in [6.45, 7) is 1.20. The van der Waals surface area contributed by atoms with Gasteiger partial charge in [-0.3, -0.25) is 4.79 Å². The fourth-order valence-corrected chi connectivity index (χ4v) is 0.510. The first-order valence-electron chi connectivity index (χ1n) is 3.73. The summed E-state index contributed by atoms with van der Waals surface area (Å²) in [6.07, 6.45) is -5.03. The first kappa shape index (κ1) is 12.3. The van der Waals surface area contributed by atoms with Crippen LogP contribution in [-0.2, 0) is 9.53 Å². The molecule has 0 fully saturated rings. The molecule has 0 unspecified atom stereocenters. The van der Waals surface area contributed by atoms with Gasteiger partial charge in [0.25, 0.3) is 0 Å². The van der Waals surface area contributed by atoms with Crippen molar-refractivity contribution in [1.82, 2.24) is 0 Å². The van der Waals surface area contributed by atoms with E-state index in [0.29, 0.717) is 6.42 Å². The van der Waals surface area contributed by atoms with Crippen LogP contribution in [0.5, 0.6) is 0 Å². The average Bonchev–Trinajstić information content (AvgIpc) is 2.04. The molecule has 13 heavy (non-hydrogen) atoms. The van der Waals surface area contributed by atoms with Gasteiger partial charge in [-0.25, -0.2) is 0 Å². The van der Waals surface area contributed by atoms with Crippen molar-refractivity contribution in [2.24, 2.45) is 0 Å². The first-order chi connectivity index (χ1) is 5.87. The van der Waals surface area contributed by atoms with Crippen LogP contribution in [0.4, 0.5) is 17.6 Å². The minimum Gasteiger partial charge on any atom is -0.315 e. The average molecular weight is 202 g/mol. The molecule has 78 valence electrons. The van der Waals surface area contributed by atoms with Crippen molar-refractivity contribution in [3.8, 4) is 0 Å². The lowest BCUT2D eigenvalue weighted by Crippen LogP contribution is -2.44. The highest BCUT2D eigenvalue weighted by Gasteiger charge is 2.58. The summed E-state index contributed by atoms with van der Waals surface area (Å²) in [5, 5.41) is 0. The molecule has 0 amide bonds. The summed E-state index contributed by atoms with van der Waals surface area (Å²) in [4.78, 5) is 9.60. The molecule has 0 saturated heterocycles. The van der Waals surface area contributed by atoms with Crippen LogP contribution in [0.3, 0.4) is 0 Å². The van der Waals surface area contributed by atoms with E-state index in [4.69, 9.17) is 0 Å². The Morgan fingerprint density at radius 2 is 1.85 bits per heavy atom. The fourth-order valence-electron chi connectivity index (χ4n) is 0.510. The SMILES string of the molecule is CCCCOC(F)(F)C(F)(F)C=O. The zero-order valence-corrected chi connectivity index (χ0v) is 7.03. The Balaban J connectivity index is 4.13. The van der Waals surface area contributed by atoms with Gasteiger partial charge in [0.15, 0.2) is 6.29 Å². The highest BCUT2D eigenvalue weighted by Crippen LogP contribution is 2.33. The lowest BCUT2D eigenvalue weighted by atomic mass is 10.3. The van der Waals surface area contributed by atoms with Crippen LogP contribution in [0.15, 0.2) is 0 Å². The zero-order chi connectivity index (χ0) is 10.5. The standard InChI is InChI=1S/C7H10F4O2/c1-2-3-4-13-7(10,11)6(8,9)5-12/h5H,2-4H2,1H3. The number of aldehydes is 1. The molecular weight excluding hydrogens is 192 g/mol. The maximum Gasteiger partial charge on any atom is 0.426 e. The summed E-state index contributed by atoms with van der Waals surface area (Å²) in [5.41, 5.74) is 0. The number of rotatable bonds is 6. The molecule has 0 rings (SSSR count). The van der Waals surface area contributed by atoms with Gasteiger partial charge in [0.2, 0.25) is 0 Å². The number of hydrogen-bond donors (Lipinski definition) is 0. The molecule has 0 N–H and O–H groups in total. The summed E-state index contributed by atoms with van der Waals surface area (Å²) in [5.74, 6) is -4.75. The number of halogens is 4. The Morgan fingerprint density at radius 1 is 1.31 bits per heavy atom. The van der Waals surface area contributed by atoms with E-state index >= 15 is 0 Å². The molecule has 0 bridgehead atoms. The van der Waals surface area contributed by atoms with Gasteiger partial charge in [-0.2, -0.15) is 17.6 Å². The van der Waals surface area contributed by atoms with Crippen LogP contribution in [0.1, 0.15) is 19.8 Å². The van der Waals surface area contributed by atoms with Crippen LogP contribution >= 0.6 is 0 Å². The van der Waals surface area contributed by atoms with Gasteiger partial charge in [0.05, 0.1) is 6.61 Å². The number of carbonyl (C=O) groups excluding carboxylic acids is 1. The summed E-state index contributed by atoms with van der Waals surface area (Å²) in [7, 11) is 0. The molecule has 6 heteroatoms. The third kappa shape index (κ3) is 3.30. The topological polar surface area (TPSA) is 26.3 Å². The van der Waals surface area contributed by atoms with E-state index in [2.05, 4.69) is 4.74 Å². The lowest BCUT2D eigenvalue weighted by Gasteiger charge is -2.21. The minimum atomic E-state index is -4.75. The third-order valence-electron chi connectivity index (χ3n) is 1.32. The largest absolute Gasteiger partial charge is 0.426 e. The monoisotopic (exact) mass is 202 g/mol. The van der Waals surface area contributed by atoms with E-state index in [1.165, 1.54) is 0 Å². The van der Waals surface area contributed by atoms with Crippen molar-refractivity contribution in [3.05, 3.63) is 0 Å². The van der Waals surface area contributed by atoms with E-state index in [0.717, 1.165) is 0 Å². The molecule has 0 aromatic carbocycles. The number of unbranched alkanes of at least 4 members (excludes halogenated alkanes) is 1. The molecule has 0 aliphatic rings. The van der Waals surface area contributed by atoms with Crippen LogP contribution in [0.2, 0.25) is 0 Å². The number of ether oxygens (including phenoxy) is 1. The van der Waals surface area contributed by atoms with Gasteiger partial charge in [0.1, 0.15) is 0 Å². The van der Waals surface area contributed by atoms with Crippen molar-refractivity contribution in [1.29, 1.82) is 0 Å². The molecular formula is C7H10F4O2. The molecule has 0 saturated carbocycles. The highest BCUT2D eigenvalue weighted by molar-refractivity contribution is 5.61. The molecule has 0 atom stereocenters. The summed E-state index contributed by atoms with van der Waals surface area (Å²) in [6, 6.07) is 0. The number of hydrogen-bond acceptors (Lipinski definition) is 2. The van der Waals surface area contributed by atoms with Gasteiger partial charge in [-0.1, -0.05) is 13.3 Å². The number of carbonyl (C=O) groups is 1. The van der Waals surface area contributed by atoms with E-state index < -0.39 is 24.9 Å². The van der Waals surface area contributed by atoms with Gasteiger partial charge in [-0.05, 0) is 6.42 Å². The molecule has 0 spiro atoms. The van der Waals surface area contributed by atoms with Crippen molar-refractivity contribution >= 4 is 6.29 Å². The van der Waals surface area contributed by atoms with E-state index in [1.807, 2.05) is 0 Å². The summed E-state index contributed by atoms with van der Waals surface area (Å²) >= 11 is 0. The third-order valence-corrected chi connectivity index (χ3v) is 1.32. The molecule has 0 heterocycles. The van der Waals surface area contributed by atoms with Crippen molar-refractivity contribution in [3.63, 3.8) is 0 Å². The highest BCUT2D eigenvalue weighted by atomic mass is 19.3. The maximum atomic E-state index is 12.3. The second kappa shape index (κ2) is 4.55. The van der Waals surface area contributed by atoms with Crippen molar-refractivity contribution < 1.29 is 27.1 Å². The minimum absolute atomic E-state index is 0.241. The zero-order valence-electron chi connectivity index (χ0n) is 7.03. The molecule has 0 aromatic rings. The number of alkyl halides is 4. The Morgan fingerprint density at radius 3 is 2.23 bits per heavy atom. The normalized spacial score (nSPS) is 13.0. The van der Waals surface area contributed by atoms with Crippen molar-refractivity contribution in [2.45, 2.75) is 31.8 Å². The molecule has 0 aromatic heterocycles. The Bertz CT molecular complexity index is 170. The summed E-state index contributed by atoms with van der Waals surface area (Å²) < 4.78 is 52.5. The van der Waals surface area contributed by atoms with Gasteiger partial charge >= 0.3 is 12.0 Å². The Kier molecular flexibility index (Phi) is 4.32. The Hall–Kier alpha value is -0.650. The second-order valence-corrected chi connectivity index (χ2v) is 2.46. The molecule has 2 nitrogen and oxygen atoms in total. The predicted octanol–water partition coefficient (Wildman–Crippen LogP) is 2.23. The van der Waals surface area contributed by atoms with Crippen molar-refractivity contribution in [2.75, 3.05) is 6.61 Å². The van der Waals surface area contributed by atoms with Crippen LogP contribution in [0, 0.1) is 0 Å². The molecule has 0 aliphatic carbocycles. The van der Waals surface area contributed by atoms with E-state index in [1.54, 1.807) is 6.92 Å². The fraction of sp³-hybridized carbons (Fsp3) is 0.857. The van der Waals surface area contributed by atoms with Gasteiger partial charge < -0.3 is 4.74 Å². The Labute approximate surface area is 72.9 Å². The van der Waals surface area contributed by atoms with Crippen LogP contribution in [0.25, 0.3) is 0 Å². The lowest BCUT2D eigenvalue weighted by molar-refractivity contribution is -0.329. The second-order valence-electron chi connectivity index (χ2n) is 2.46. The van der Waals surface area contributed by atoms with Crippen LogP contribution in [-0.4, -0.2) is 24.9 Å². The van der Waals surface area contributed by atoms with Gasteiger partial charge in [0, 0.05) is 0 Å².